The first-order chi connectivity index (χ1) is 6.65. The van der Waals surface area contributed by atoms with Crippen molar-refractivity contribution in [2.75, 3.05) is 7.11 Å². The van der Waals surface area contributed by atoms with E-state index in [-0.39, 0.29) is 0 Å². The normalized spacial score (nSPS) is 11.1. The quantitative estimate of drug-likeness (QED) is 0.537. The zero-order valence-corrected chi connectivity index (χ0v) is 7.60. The van der Waals surface area contributed by atoms with Crippen LogP contribution in [-0.4, -0.2) is 24.0 Å². The number of ether oxygens (including phenoxy) is 1. The van der Waals surface area contributed by atoms with Gasteiger partial charge in [-0.1, -0.05) is 12.1 Å². The van der Waals surface area contributed by atoms with Crippen LogP contribution in [0.4, 0.5) is 5.69 Å². The fourth-order valence-corrected chi connectivity index (χ4v) is 0.900. The van der Waals surface area contributed by atoms with Crippen molar-refractivity contribution < 1.29 is 14.6 Å². The largest absolute Gasteiger partial charge is 0.494 e. The van der Waals surface area contributed by atoms with Gasteiger partial charge in [-0.2, -0.15) is 0 Å². The highest BCUT2D eigenvalue weighted by atomic mass is 16.5. The number of aliphatic carboxylic acids is 1. The Labute approximate surface area is 80.8 Å². The monoisotopic (exact) mass is 194 g/mol. The maximum atomic E-state index is 10.4. The smallest absolute Gasteiger partial charge is 0.371 e. The van der Waals surface area contributed by atoms with Crippen molar-refractivity contribution in [2.24, 2.45) is 10.7 Å². The minimum absolute atomic E-state index is 0.398. The van der Waals surface area contributed by atoms with E-state index in [0.717, 1.165) is 0 Å². The molecule has 5 heteroatoms. The molecule has 0 bridgehead atoms. The summed E-state index contributed by atoms with van der Waals surface area (Å²) in [6.45, 7) is 0. The number of rotatable bonds is 2. The fourth-order valence-electron chi connectivity index (χ4n) is 0.900. The summed E-state index contributed by atoms with van der Waals surface area (Å²) < 4.78 is 4.97. The lowest BCUT2D eigenvalue weighted by molar-refractivity contribution is -0.129. The van der Waals surface area contributed by atoms with Crippen LogP contribution in [0.25, 0.3) is 0 Å². The van der Waals surface area contributed by atoms with Crippen LogP contribution in [0, 0.1) is 0 Å². The van der Waals surface area contributed by atoms with Gasteiger partial charge < -0.3 is 15.6 Å². The summed E-state index contributed by atoms with van der Waals surface area (Å²) in [5.41, 5.74) is 5.57. The number of nitrogens with two attached hydrogens (primary N) is 1. The van der Waals surface area contributed by atoms with E-state index in [0.29, 0.717) is 11.4 Å². The first kappa shape index (κ1) is 10.0. The first-order valence-electron chi connectivity index (χ1n) is 3.85. The number of methoxy groups -OCH3 is 1. The third kappa shape index (κ3) is 2.22. The van der Waals surface area contributed by atoms with Crippen molar-refractivity contribution in [3.8, 4) is 5.75 Å². The molecule has 14 heavy (non-hydrogen) atoms. The van der Waals surface area contributed by atoms with Gasteiger partial charge in [-0.05, 0) is 12.1 Å². The van der Waals surface area contributed by atoms with Crippen LogP contribution in [0.3, 0.4) is 0 Å². The molecule has 0 fully saturated rings. The Bertz CT molecular complexity index is 374. The molecular formula is C9H10N2O3. The van der Waals surface area contributed by atoms with Gasteiger partial charge in [-0.15, -0.1) is 0 Å². The molecular weight excluding hydrogens is 184 g/mol. The number of benzene rings is 1. The summed E-state index contributed by atoms with van der Waals surface area (Å²) in [7, 11) is 1.48. The van der Waals surface area contributed by atoms with Gasteiger partial charge >= 0.3 is 5.97 Å². The molecule has 0 unspecified atom stereocenters. The van der Waals surface area contributed by atoms with Crippen LogP contribution in [0.1, 0.15) is 0 Å². The summed E-state index contributed by atoms with van der Waals surface area (Å²) >= 11 is 0. The van der Waals surface area contributed by atoms with E-state index in [9.17, 15) is 4.79 Å². The highest BCUT2D eigenvalue weighted by Crippen LogP contribution is 2.25. The summed E-state index contributed by atoms with van der Waals surface area (Å²) in [4.78, 5) is 14.1. The van der Waals surface area contributed by atoms with Crippen molar-refractivity contribution in [3.05, 3.63) is 24.3 Å². The van der Waals surface area contributed by atoms with Crippen molar-refractivity contribution in [3.63, 3.8) is 0 Å². The van der Waals surface area contributed by atoms with Gasteiger partial charge in [0, 0.05) is 0 Å². The number of hydrogen-bond acceptors (Lipinski definition) is 3. The number of hydrogen-bond donors (Lipinski definition) is 2. The molecule has 1 aromatic carbocycles. The van der Waals surface area contributed by atoms with Crippen molar-refractivity contribution in [2.45, 2.75) is 0 Å². The van der Waals surface area contributed by atoms with E-state index < -0.39 is 11.8 Å². The van der Waals surface area contributed by atoms with Crippen LogP contribution in [-0.2, 0) is 4.79 Å². The van der Waals surface area contributed by atoms with Gasteiger partial charge in [-0.3, -0.25) is 0 Å². The standard InChI is InChI=1S/C9H10N2O3/c1-14-7-5-3-2-4-6(7)11-8(10)9(12)13/h2-5H,1H3,(H2,10,11)(H,12,13). The molecule has 1 rings (SSSR count). The minimum Gasteiger partial charge on any atom is -0.494 e. The fraction of sp³-hybridized carbons (Fsp3) is 0.111. The Kier molecular flexibility index (Phi) is 3.06. The van der Waals surface area contributed by atoms with E-state index in [4.69, 9.17) is 15.6 Å². The third-order valence-corrected chi connectivity index (χ3v) is 1.55. The summed E-state index contributed by atoms with van der Waals surface area (Å²) in [5, 5.41) is 8.51. The molecule has 0 saturated heterocycles. The van der Waals surface area contributed by atoms with Crippen molar-refractivity contribution >= 4 is 17.5 Å². The van der Waals surface area contributed by atoms with Crippen LogP contribution in [0.5, 0.6) is 5.75 Å². The second-order valence-corrected chi connectivity index (χ2v) is 2.47. The van der Waals surface area contributed by atoms with E-state index in [1.54, 1.807) is 24.3 Å². The highest BCUT2D eigenvalue weighted by Gasteiger charge is 2.05. The number of nitrogens with zero attached hydrogens (tertiary/aromatic N) is 1. The topological polar surface area (TPSA) is 84.9 Å². The lowest BCUT2D eigenvalue weighted by atomic mass is 10.3. The average molecular weight is 194 g/mol. The molecule has 0 aliphatic carbocycles. The number of carboxylic acids is 1. The van der Waals surface area contributed by atoms with E-state index >= 15 is 0 Å². The van der Waals surface area contributed by atoms with Crippen molar-refractivity contribution in [1.29, 1.82) is 0 Å². The zero-order valence-electron chi connectivity index (χ0n) is 7.60. The summed E-state index contributed by atoms with van der Waals surface area (Å²) in [6.07, 6.45) is 0. The van der Waals surface area contributed by atoms with Gasteiger partial charge in [0.2, 0.25) is 5.84 Å². The molecule has 0 amide bonds. The van der Waals surface area contributed by atoms with Gasteiger partial charge in [0.05, 0.1) is 7.11 Å². The summed E-state index contributed by atoms with van der Waals surface area (Å²) in [6, 6.07) is 6.77. The Morgan fingerprint density at radius 2 is 2.14 bits per heavy atom. The number of carbonyl (C=O) groups is 1. The maximum absolute atomic E-state index is 10.4. The van der Waals surface area contributed by atoms with Gasteiger partial charge in [0.1, 0.15) is 11.4 Å². The lowest BCUT2D eigenvalue weighted by Gasteiger charge is -2.02. The molecule has 74 valence electrons. The molecule has 0 atom stereocenters. The second kappa shape index (κ2) is 4.27. The number of aliphatic imine (C=N–C) groups is 1. The minimum atomic E-state index is -1.25. The van der Waals surface area contributed by atoms with E-state index in [2.05, 4.69) is 4.99 Å². The lowest BCUT2D eigenvalue weighted by Crippen LogP contribution is -2.22. The predicted molar refractivity (Wildman–Crippen MR) is 51.9 cm³/mol. The second-order valence-electron chi connectivity index (χ2n) is 2.47. The average Bonchev–Trinajstić information content (AvgIpc) is 2.18. The zero-order chi connectivity index (χ0) is 10.6. The Hall–Kier alpha value is -2.04. The molecule has 1 aromatic rings. The van der Waals surface area contributed by atoms with Crippen LogP contribution < -0.4 is 10.5 Å². The molecule has 0 aliphatic rings. The molecule has 0 saturated carbocycles. The van der Waals surface area contributed by atoms with Gasteiger partial charge in [0.15, 0.2) is 0 Å². The Balaban J connectivity index is 3.07. The maximum Gasteiger partial charge on any atom is 0.371 e. The first-order valence-corrected chi connectivity index (χ1v) is 3.85. The van der Waals surface area contributed by atoms with Gasteiger partial charge in [0.25, 0.3) is 0 Å². The third-order valence-electron chi connectivity index (χ3n) is 1.55. The van der Waals surface area contributed by atoms with Crippen LogP contribution in [0.2, 0.25) is 0 Å². The summed E-state index contributed by atoms with van der Waals surface area (Å²) in [5.74, 6) is -1.23. The number of para-hydroxylation sites is 2. The Morgan fingerprint density at radius 3 is 2.71 bits per heavy atom. The van der Waals surface area contributed by atoms with Crippen LogP contribution in [0.15, 0.2) is 29.3 Å². The Morgan fingerprint density at radius 1 is 1.50 bits per heavy atom. The molecule has 5 nitrogen and oxygen atoms in total. The van der Waals surface area contributed by atoms with E-state index in [1.165, 1.54) is 7.11 Å². The number of amidine groups is 1. The van der Waals surface area contributed by atoms with Gasteiger partial charge in [-0.25, -0.2) is 9.79 Å². The molecule has 0 aromatic heterocycles. The van der Waals surface area contributed by atoms with Crippen molar-refractivity contribution in [1.82, 2.24) is 0 Å². The van der Waals surface area contributed by atoms with Crippen LogP contribution >= 0.6 is 0 Å². The number of carboxylic acid groups (broad SMARTS) is 1. The SMILES string of the molecule is COc1ccccc1N=C(N)C(=O)O. The predicted octanol–water partition coefficient (Wildman–Crippen LogP) is 0.768. The molecule has 0 spiro atoms. The molecule has 0 aliphatic heterocycles. The molecule has 0 heterocycles. The van der Waals surface area contributed by atoms with E-state index in [1.807, 2.05) is 0 Å². The highest BCUT2D eigenvalue weighted by molar-refractivity contribution is 6.34. The molecule has 3 N–H and O–H groups in total. The molecule has 0 radical (unpaired) electrons.